The molecule has 1 saturated carbocycles. The van der Waals surface area contributed by atoms with Gasteiger partial charge in [-0.15, -0.1) is 11.3 Å². The maximum atomic E-state index is 13.6. The van der Waals surface area contributed by atoms with Crippen LogP contribution >= 0.6 is 22.9 Å². The predicted molar refractivity (Wildman–Crippen MR) is 135 cm³/mol. The lowest BCUT2D eigenvalue weighted by molar-refractivity contribution is -0.135. The molecule has 0 saturated heterocycles. The Morgan fingerprint density at radius 2 is 1.97 bits per heavy atom. The largest absolute Gasteiger partial charge is 0.491 e. The topological polar surface area (TPSA) is 49.9 Å². The van der Waals surface area contributed by atoms with Gasteiger partial charge in [0.2, 0.25) is 5.91 Å². The highest BCUT2D eigenvalue weighted by Gasteiger charge is 2.38. The zero-order valence-corrected chi connectivity index (χ0v) is 20.6. The summed E-state index contributed by atoms with van der Waals surface area (Å²) in [4.78, 5) is 31.8. The van der Waals surface area contributed by atoms with Crippen molar-refractivity contribution in [2.75, 3.05) is 19.7 Å². The van der Waals surface area contributed by atoms with Crippen LogP contribution in [0.2, 0.25) is 5.02 Å². The number of benzene rings is 2. The average molecular weight is 495 g/mol. The number of hydrogen-bond donors (Lipinski definition) is 0. The Kier molecular flexibility index (Phi) is 6.61. The number of para-hydroxylation sites is 1. The van der Waals surface area contributed by atoms with Crippen molar-refractivity contribution in [3.63, 3.8) is 0 Å². The fourth-order valence-electron chi connectivity index (χ4n) is 4.54. The van der Waals surface area contributed by atoms with Gasteiger partial charge in [-0.1, -0.05) is 35.9 Å². The van der Waals surface area contributed by atoms with Crippen molar-refractivity contribution in [3.05, 3.63) is 86.6 Å². The van der Waals surface area contributed by atoms with Crippen LogP contribution in [-0.2, 0) is 11.2 Å². The van der Waals surface area contributed by atoms with Crippen LogP contribution in [0.4, 0.5) is 0 Å². The molecule has 1 aliphatic heterocycles. The van der Waals surface area contributed by atoms with Crippen LogP contribution in [0.3, 0.4) is 0 Å². The molecule has 0 bridgehead atoms. The molecule has 0 radical (unpaired) electrons. The second-order valence-electron chi connectivity index (χ2n) is 8.90. The summed E-state index contributed by atoms with van der Waals surface area (Å²) in [6, 6.07) is 16.9. The molecule has 2 aliphatic rings. The zero-order chi connectivity index (χ0) is 23.7. The van der Waals surface area contributed by atoms with Crippen LogP contribution in [0.15, 0.2) is 60.0 Å². The molecule has 34 heavy (non-hydrogen) atoms. The molecule has 3 aromatic rings. The van der Waals surface area contributed by atoms with Gasteiger partial charge in [0.05, 0.1) is 6.04 Å². The molecular weight excluding hydrogens is 468 g/mol. The summed E-state index contributed by atoms with van der Waals surface area (Å²) in [5.41, 5.74) is 2.73. The van der Waals surface area contributed by atoms with Crippen molar-refractivity contribution in [3.8, 4) is 5.75 Å². The number of amides is 2. The average Bonchev–Trinajstić information content (AvgIpc) is 3.57. The molecule has 2 aromatic carbocycles. The standard InChI is InChI=1S/C27H27ClN2O3S/c1-18-5-2-3-8-24(18)33-17-23-22-12-14-34-25(22)11-13-29(23)26(31)16-30(21-9-10-21)27(32)19-6-4-7-20(28)15-19/h2-8,12,14-15,21,23H,9-11,13,16-17H2,1H3. The first-order valence-electron chi connectivity index (χ1n) is 11.6. The van der Waals surface area contributed by atoms with E-state index in [1.165, 1.54) is 4.88 Å². The highest BCUT2D eigenvalue weighted by molar-refractivity contribution is 7.10. The zero-order valence-electron chi connectivity index (χ0n) is 19.1. The summed E-state index contributed by atoms with van der Waals surface area (Å²) in [7, 11) is 0. The van der Waals surface area contributed by atoms with Gasteiger partial charge in [-0.2, -0.15) is 0 Å². The third kappa shape index (κ3) is 4.84. The van der Waals surface area contributed by atoms with Crippen molar-refractivity contribution in [1.82, 2.24) is 9.80 Å². The Morgan fingerprint density at radius 1 is 1.15 bits per heavy atom. The van der Waals surface area contributed by atoms with Crippen molar-refractivity contribution >= 4 is 34.8 Å². The maximum Gasteiger partial charge on any atom is 0.254 e. The number of ether oxygens (including phenoxy) is 1. The van der Waals surface area contributed by atoms with E-state index in [1.807, 2.05) is 36.1 Å². The van der Waals surface area contributed by atoms with Crippen molar-refractivity contribution < 1.29 is 14.3 Å². The molecule has 1 unspecified atom stereocenters. The third-order valence-corrected chi connectivity index (χ3v) is 7.76. The summed E-state index contributed by atoms with van der Waals surface area (Å²) >= 11 is 7.84. The third-order valence-electron chi connectivity index (χ3n) is 6.53. The van der Waals surface area contributed by atoms with E-state index in [1.54, 1.807) is 40.5 Å². The van der Waals surface area contributed by atoms with Gasteiger partial charge in [-0.05, 0) is 73.0 Å². The Hall–Kier alpha value is -2.83. The predicted octanol–water partition coefficient (Wildman–Crippen LogP) is 5.52. The lowest BCUT2D eigenvalue weighted by atomic mass is 10.00. The van der Waals surface area contributed by atoms with Crippen LogP contribution in [0.5, 0.6) is 5.75 Å². The molecule has 1 aliphatic carbocycles. The van der Waals surface area contributed by atoms with Crippen LogP contribution in [0.1, 0.15) is 45.2 Å². The van der Waals surface area contributed by atoms with E-state index in [0.29, 0.717) is 23.7 Å². The first-order chi connectivity index (χ1) is 16.5. The summed E-state index contributed by atoms with van der Waals surface area (Å²) in [5.74, 6) is 0.643. The fourth-order valence-corrected chi connectivity index (χ4v) is 5.66. The Morgan fingerprint density at radius 3 is 2.74 bits per heavy atom. The lowest BCUT2D eigenvalue weighted by Crippen LogP contribution is -2.48. The minimum atomic E-state index is -0.176. The van der Waals surface area contributed by atoms with Gasteiger partial charge in [-0.3, -0.25) is 9.59 Å². The summed E-state index contributed by atoms with van der Waals surface area (Å²) < 4.78 is 6.19. The monoisotopic (exact) mass is 494 g/mol. The molecule has 5 rings (SSSR count). The minimum absolute atomic E-state index is 0.0440. The minimum Gasteiger partial charge on any atom is -0.491 e. The number of thiophene rings is 1. The number of rotatable bonds is 7. The van der Waals surface area contributed by atoms with Crippen molar-refractivity contribution in [2.24, 2.45) is 0 Å². The fraction of sp³-hybridized carbons (Fsp3) is 0.333. The normalized spacial score (nSPS) is 17.2. The highest BCUT2D eigenvalue weighted by Crippen LogP contribution is 2.35. The molecule has 1 fully saturated rings. The van der Waals surface area contributed by atoms with Gasteiger partial charge < -0.3 is 14.5 Å². The molecule has 5 nitrogen and oxygen atoms in total. The molecule has 2 heterocycles. The van der Waals surface area contributed by atoms with E-state index < -0.39 is 0 Å². The number of aryl methyl sites for hydroxylation is 1. The Bertz CT molecular complexity index is 1210. The molecule has 176 valence electrons. The van der Waals surface area contributed by atoms with Gasteiger partial charge in [-0.25, -0.2) is 0 Å². The van der Waals surface area contributed by atoms with Crippen molar-refractivity contribution in [2.45, 2.75) is 38.3 Å². The summed E-state index contributed by atoms with van der Waals surface area (Å²) in [6.07, 6.45) is 2.67. The Balaban J connectivity index is 1.35. The second kappa shape index (κ2) is 9.80. The number of fused-ring (bicyclic) bond motifs is 1. The van der Waals surface area contributed by atoms with E-state index in [9.17, 15) is 9.59 Å². The summed E-state index contributed by atoms with van der Waals surface area (Å²) in [6.45, 7) is 3.09. The van der Waals surface area contributed by atoms with Crippen LogP contribution in [-0.4, -0.2) is 47.4 Å². The molecule has 7 heteroatoms. The number of nitrogens with zero attached hydrogens (tertiary/aromatic N) is 2. The second-order valence-corrected chi connectivity index (χ2v) is 10.3. The molecule has 0 N–H and O–H groups in total. The van der Waals surface area contributed by atoms with Crippen LogP contribution in [0, 0.1) is 6.92 Å². The van der Waals surface area contributed by atoms with E-state index in [0.717, 1.165) is 36.1 Å². The highest BCUT2D eigenvalue weighted by atomic mass is 35.5. The first kappa shape index (κ1) is 22.9. The summed E-state index contributed by atoms with van der Waals surface area (Å²) in [5, 5.41) is 2.60. The van der Waals surface area contributed by atoms with E-state index in [-0.39, 0.29) is 30.4 Å². The first-order valence-corrected chi connectivity index (χ1v) is 12.9. The van der Waals surface area contributed by atoms with Gasteiger partial charge in [0, 0.05) is 28.0 Å². The quantitative estimate of drug-likeness (QED) is 0.434. The molecular formula is C27H27ClN2O3S. The van der Waals surface area contributed by atoms with Crippen LogP contribution < -0.4 is 4.74 Å². The SMILES string of the molecule is Cc1ccccc1OCC1c2ccsc2CCN1C(=O)CN(C(=O)c1cccc(Cl)c1)C1CC1. The molecule has 1 atom stereocenters. The number of hydrogen-bond acceptors (Lipinski definition) is 4. The van der Waals surface area contributed by atoms with Crippen LogP contribution in [0.25, 0.3) is 0 Å². The van der Waals surface area contributed by atoms with Gasteiger partial charge in [0.25, 0.3) is 5.91 Å². The number of carbonyl (C=O) groups excluding carboxylic acids is 2. The number of carbonyl (C=O) groups is 2. The Labute approximate surface area is 208 Å². The van der Waals surface area contributed by atoms with E-state index in [4.69, 9.17) is 16.3 Å². The van der Waals surface area contributed by atoms with E-state index >= 15 is 0 Å². The smallest absolute Gasteiger partial charge is 0.254 e. The van der Waals surface area contributed by atoms with Gasteiger partial charge in [0.1, 0.15) is 18.9 Å². The van der Waals surface area contributed by atoms with Gasteiger partial charge in [0.15, 0.2) is 0 Å². The number of halogens is 1. The molecule has 2 amide bonds. The lowest BCUT2D eigenvalue weighted by Gasteiger charge is -2.37. The van der Waals surface area contributed by atoms with Gasteiger partial charge >= 0.3 is 0 Å². The van der Waals surface area contributed by atoms with Crippen molar-refractivity contribution in [1.29, 1.82) is 0 Å². The maximum absolute atomic E-state index is 13.6. The van der Waals surface area contributed by atoms with E-state index in [2.05, 4.69) is 11.4 Å². The molecule has 1 aromatic heterocycles. The molecule has 0 spiro atoms.